The molecule has 8 rings (SSSR count). The molecule has 0 spiro atoms. The van der Waals surface area contributed by atoms with Crippen LogP contribution in [0.15, 0.2) is 158 Å². The summed E-state index contributed by atoms with van der Waals surface area (Å²) < 4.78 is 0. The molecule has 0 heterocycles. The predicted octanol–water partition coefficient (Wildman–Crippen LogP) is 11.3. The molecular formula is C40H26. The van der Waals surface area contributed by atoms with E-state index in [1.807, 2.05) is 0 Å². The van der Waals surface area contributed by atoms with Crippen LogP contribution in [0.3, 0.4) is 0 Å². The normalized spacial score (nSPS) is 11.5. The van der Waals surface area contributed by atoms with Crippen LogP contribution in [-0.4, -0.2) is 0 Å². The molecule has 0 aliphatic heterocycles. The molecule has 0 aliphatic rings. The zero-order valence-electron chi connectivity index (χ0n) is 22.0. The van der Waals surface area contributed by atoms with E-state index in [0.717, 1.165) is 0 Å². The van der Waals surface area contributed by atoms with Gasteiger partial charge in [-0.3, -0.25) is 0 Å². The largest absolute Gasteiger partial charge is 0.0622 e. The van der Waals surface area contributed by atoms with Gasteiger partial charge in [0.15, 0.2) is 0 Å². The first-order valence-electron chi connectivity index (χ1n) is 13.9. The van der Waals surface area contributed by atoms with Crippen LogP contribution < -0.4 is 0 Å². The molecule has 0 radical (unpaired) electrons. The average molecular weight is 507 g/mol. The van der Waals surface area contributed by atoms with Crippen molar-refractivity contribution in [2.24, 2.45) is 0 Å². The van der Waals surface area contributed by atoms with E-state index in [0.29, 0.717) is 0 Å². The molecule has 0 bridgehead atoms. The van der Waals surface area contributed by atoms with E-state index in [-0.39, 0.29) is 0 Å². The van der Waals surface area contributed by atoms with E-state index in [9.17, 15) is 0 Å². The zero-order valence-corrected chi connectivity index (χ0v) is 22.0. The Morgan fingerprint density at radius 3 is 1.48 bits per heavy atom. The van der Waals surface area contributed by atoms with Gasteiger partial charge in [0.2, 0.25) is 0 Å². The van der Waals surface area contributed by atoms with Gasteiger partial charge in [0.25, 0.3) is 0 Å². The third-order valence-corrected chi connectivity index (χ3v) is 8.23. The third-order valence-electron chi connectivity index (χ3n) is 8.23. The maximum Gasteiger partial charge on any atom is -0.00201 e. The van der Waals surface area contributed by atoms with Gasteiger partial charge in [0.05, 0.1) is 0 Å². The highest BCUT2D eigenvalue weighted by atomic mass is 14.2. The Morgan fingerprint density at radius 2 is 0.775 bits per heavy atom. The summed E-state index contributed by atoms with van der Waals surface area (Å²) in [5.74, 6) is 0. The second-order valence-corrected chi connectivity index (χ2v) is 10.5. The van der Waals surface area contributed by atoms with Crippen LogP contribution >= 0.6 is 0 Å². The van der Waals surface area contributed by atoms with E-state index in [2.05, 4.69) is 158 Å². The summed E-state index contributed by atoms with van der Waals surface area (Å²) in [4.78, 5) is 0. The topological polar surface area (TPSA) is 0 Å². The quantitative estimate of drug-likeness (QED) is 0.209. The molecule has 186 valence electrons. The van der Waals surface area contributed by atoms with Crippen LogP contribution in [0.4, 0.5) is 0 Å². The molecule has 0 aromatic heterocycles. The highest BCUT2D eigenvalue weighted by Gasteiger charge is 2.17. The van der Waals surface area contributed by atoms with Crippen molar-refractivity contribution in [3.05, 3.63) is 158 Å². The Hall–Kier alpha value is -5.20. The van der Waals surface area contributed by atoms with Crippen molar-refractivity contribution in [3.63, 3.8) is 0 Å². The lowest BCUT2D eigenvalue weighted by molar-refractivity contribution is 1.65. The first-order chi connectivity index (χ1) is 19.8. The van der Waals surface area contributed by atoms with E-state index in [1.54, 1.807) is 0 Å². The second-order valence-electron chi connectivity index (χ2n) is 10.5. The fourth-order valence-corrected chi connectivity index (χ4v) is 6.37. The minimum atomic E-state index is 1.24. The van der Waals surface area contributed by atoms with Crippen molar-refractivity contribution in [1.29, 1.82) is 0 Å². The molecule has 0 aliphatic carbocycles. The Morgan fingerprint density at radius 1 is 0.250 bits per heavy atom. The van der Waals surface area contributed by atoms with Crippen LogP contribution in [0, 0.1) is 0 Å². The Labute approximate surface area is 233 Å². The lowest BCUT2D eigenvalue weighted by Crippen LogP contribution is -1.91. The Balaban J connectivity index is 1.44. The molecule has 0 N–H and O–H groups in total. The van der Waals surface area contributed by atoms with Crippen molar-refractivity contribution in [3.8, 4) is 33.4 Å². The van der Waals surface area contributed by atoms with Crippen molar-refractivity contribution in [2.45, 2.75) is 0 Å². The molecular weight excluding hydrogens is 480 g/mol. The first-order valence-corrected chi connectivity index (χ1v) is 13.9. The van der Waals surface area contributed by atoms with E-state index >= 15 is 0 Å². The Kier molecular flexibility index (Phi) is 5.24. The highest BCUT2D eigenvalue weighted by Crippen LogP contribution is 2.45. The van der Waals surface area contributed by atoms with Crippen LogP contribution in [0.2, 0.25) is 0 Å². The molecule has 0 fully saturated rings. The molecule has 0 amide bonds. The fourth-order valence-electron chi connectivity index (χ4n) is 6.37. The minimum absolute atomic E-state index is 1.24. The molecule has 0 unspecified atom stereocenters. The van der Waals surface area contributed by atoms with Gasteiger partial charge >= 0.3 is 0 Å². The molecule has 8 aromatic carbocycles. The standard InChI is InChI=1S/C40H26/c1-2-12-29(13-3-1)39-33-16-6-8-18-35(33)40(36-19-9-7-17-34(36)39)37-20-10-15-28-22-24-32(26-38(28)37)31-23-21-27-11-4-5-14-30(27)25-31/h1-26H. The van der Waals surface area contributed by atoms with Gasteiger partial charge in [0, 0.05) is 0 Å². The molecule has 0 saturated heterocycles. The summed E-state index contributed by atoms with van der Waals surface area (Å²) in [6, 6.07) is 57.6. The fraction of sp³-hybridized carbons (Fsp3) is 0. The van der Waals surface area contributed by atoms with Crippen LogP contribution in [0.5, 0.6) is 0 Å². The zero-order chi connectivity index (χ0) is 26.5. The maximum absolute atomic E-state index is 2.38. The average Bonchev–Trinajstić information content (AvgIpc) is 3.03. The van der Waals surface area contributed by atoms with Crippen molar-refractivity contribution in [2.75, 3.05) is 0 Å². The summed E-state index contributed by atoms with van der Waals surface area (Å²) >= 11 is 0. The maximum atomic E-state index is 2.38. The number of hydrogen-bond donors (Lipinski definition) is 0. The summed E-state index contributed by atoms with van der Waals surface area (Å²) in [6.07, 6.45) is 0. The van der Waals surface area contributed by atoms with Crippen molar-refractivity contribution in [1.82, 2.24) is 0 Å². The van der Waals surface area contributed by atoms with Gasteiger partial charge < -0.3 is 0 Å². The Bertz CT molecular complexity index is 2150. The monoisotopic (exact) mass is 506 g/mol. The summed E-state index contributed by atoms with van der Waals surface area (Å²) in [5.41, 5.74) is 7.59. The van der Waals surface area contributed by atoms with Gasteiger partial charge in [0.1, 0.15) is 0 Å². The SMILES string of the molecule is c1ccc(-c2c3ccccc3c(-c3cccc4ccc(-c5ccc6ccccc6c5)cc34)c3ccccc23)cc1. The van der Waals surface area contributed by atoms with Crippen LogP contribution in [-0.2, 0) is 0 Å². The number of benzene rings is 8. The molecule has 0 atom stereocenters. The van der Waals surface area contributed by atoms with E-state index in [1.165, 1.54) is 76.5 Å². The van der Waals surface area contributed by atoms with E-state index in [4.69, 9.17) is 0 Å². The lowest BCUT2D eigenvalue weighted by Gasteiger charge is -2.19. The molecule has 8 aromatic rings. The van der Waals surface area contributed by atoms with Crippen LogP contribution in [0.1, 0.15) is 0 Å². The van der Waals surface area contributed by atoms with Gasteiger partial charge in [-0.2, -0.15) is 0 Å². The van der Waals surface area contributed by atoms with Crippen molar-refractivity contribution >= 4 is 43.1 Å². The summed E-state index contributed by atoms with van der Waals surface area (Å²) in [5, 5.41) is 10.2. The summed E-state index contributed by atoms with van der Waals surface area (Å²) in [7, 11) is 0. The number of fused-ring (bicyclic) bond motifs is 4. The van der Waals surface area contributed by atoms with Gasteiger partial charge in [-0.1, -0.05) is 146 Å². The predicted molar refractivity (Wildman–Crippen MR) is 173 cm³/mol. The first kappa shape index (κ1) is 22.8. The second kappa shape index (κ2) is 9.22. The molecule has 40 heavy (non-hydrogen) atoms. The summed E-state index contributed by atoms with van der Waals surface area (Å²) in [6.45, 7) is 0. The molecule has 0 heteroatoms. The van der Waals surface area contributed by atoms with Gasteiger partial charge in [-0.05, 0) is 88.6 Å². The van der Waals surface area contributed by atoms with Crippen molar-refractivity contribution < 1.29 is 0 Å². The number of rotatable bonds is 3. The van der Waals surface area contributed by atoms with E-state index < -0.39 is 0 Å². The molecule has 0 saturated carbocycles. The molecule has 0 nitrogen and oxygen atoms in total. The van der Waals surface area contributed by atoms with Gasteiger partial charge in [-0.15, -0.1) is 0 Å². The van der Waals surface area contributed by atoms with Crippen LogP contribution in [0.25, 0.3) is 76.5 Å². The minimum Gasteiger partial charge on any atom is -0.0622 e. The highest BCUT2D eigenvalue weighted by molar-refractivity contribution is 6.23. The lowest BCUT2D eigenvalue weighted by atomic mass is 9.84. The smallest absolute Gasteiger partial charge is 0.00201 e. The third kappa shape index (κ3) is 3.61. The van der Waals surface area contributed by atoms with Gasteiger partial charge in [-0.25, -0.2) is 0 Å². The number of hydrogen-bond acceptors (Lipinski definition) is 0.